The van der Waals surface area contributed by atoms with Gasteiger partial charge in [0.05, 0.1) is 25.6 Å². The van der Waals surface area contributed by atoms with E-state index in [2.05, 4.69) is 10.6 Å². The summed E-state index contributed by atoms with van der Waals surface area (Å²) in [6, 6.07) is 12.9. The Balaban J connectivity index is 1.78. The van der Waals surface area contributed by atoms with Crippen LogP contribution in [-0.4, -0.2) is 11.8 Å². The Bertz CT molecular complexity index is 975. The molecule has 26 heavy (non-hydrogen) atoms. The summed E-state index contributed by atoms with van der Waals surface area (Å²) >= 11 is 19.3. The van der Waals surface area contributed by atoms with Crippen LogP contribution in [0.1, 0.15) is 20.0 Å². The summed E-state index contributed by atoms with van der Waals surface area (Å²) < 4.78 is 0. The second kappa shape index (κ2) is 8.10. The van der Waals surface area contributed by atoms with Crippen molar-refractivity contribution in [2.45, 2.75) is 0 Å². The van der Waals surface area contributed by atoms with Gasteiger partial charge in [-0.2, -0.15) is 0 Å². The van der Waals surface area contributed by atoms with Crippen LogP contribution in [0.3, 0.4) is 0 Å². The molecule has 1 aromatic heterocycles. The van der Waals surface area contributed by atoms with Crippen molar-refractivity contribution in [1.29, 1.82) is 0 Å². The van der Waals surface area contributed by atoms with E-state index in [0.29, 0.717) is 36.9 Å². The van der Waals surface area contributed by atoms with Crippen molar-refractivity contribution in [3.8, 4) is 0 Å². The molecular weight excluding hydrogens is 415 g/mol. The van der Waals surface area contributed by atoms with Crippen LogP contribution in [-0.2, 0) is 0 Å². The Labute approximate surface area is 168 Å². The first-order valence-electron chi connectivity index (χ1n) is 7.35. The SMILES string of the molecule is O=C(Nc1ccc(Cl)c(Cl)c1)c1ccc(Cl)c(NC(=O)c2cccs2)c1. The maximum Gasteiger partial charge on any atom is 0.265 e. The van der Waals surface area contributed by atoms with Gasteiger partial charge in [0.15, 0.2) is 0 Å². The molecule has 0 radical (unpaired) electrons. The van der Waals surface area contributed by atoms with Crippen LogP contribution in [0.25, 0.3) is 0 Å². The molecule has 2 N–H and O–H groups in total. The van der Waals surface area contributed by atoms with Gasteiger partial charge in [-0.25, -0.2) is 0 Å². The van der Waals surface area contributed by atoms with Gasteiger partial charge in [-0.15, -0.1) is 11.3 Å². The summed E-state index contributed by atoms with van der Waals surface area (Å²) in [5, 5.41) is 8.30. The highest BCUT2D eigenvalue weighted by atomic mass is 35.5. The zero-order valence-electron chi connectivity index (χ0n) is 13.1. The normalized spacial score (nSPS) is 10.4. The Morgan fingerprint density at radius 3 is 2.27 bits per heavy atom. The average molecular weight is 426 g/mol. The van der Waals surface area contributed by atoms with Crippen LogP contribution in [0.15, 0.2) is 53.9 Å². The van der Waals surface area contributed by atoms with Gasteiger partial charge in [0.25, 0.3) is 11.8 Å². The second-order valence-corrected chi connectivity index (χ2v) is 7.38. The zero-order valence-corrected chi connectivity index (χ0v) is 16.1. The maximum atomic E-state index is 12.4. The number of hydrogen-bond acceptors (Lipinski definition) is 3. The Morgan fingerprint density at radius 1 is 0.808 bits per heavy atom. The number of nitrogens with one attached hydrogen (secondary N) is 2. The fourth-order valence-electron chi connectivity index (χ4n) is 2.13. The van der Waals surface area contributed by atoms with Crippen LogP contribution >= 0.6 is 46.1 Å². The minimum Gasteiger partial charge on any atom is -0.322 e. The van der Waals surface area contributed by atoms with Gasteiger partial charge < -0.3 is 10.6 Å². The predicted molar refractivity (Wildman–Crippen MR) is 108 cm³/mol. The molecule has 8 heteroatoms. The van der Waals surface area contributed by atoms with E-state index in [1.807, 2.05) is 0 Å². The number of carbonyl (C=O) groups excluding carboxylic acids is 2. The lowest BCUT2D eigenvalue weighted by molar-refractivity contribution is 0.101. The third-order valence-corrected chi connectivity index (χ3v) is 5.34. The van der Waals surface area contributed by atoms with Gasteiger partial charge >= 0.3 is 0 Å². The summed E-state index contributed by atoms with van der Waals surface area (Å²) in [7, 11) is 0. The summed E-state index contributed by atoms with van der Waals surface area (Å²) in [6.45, 7) is 0. The van der Waals surface area contributed by atoms with Crippen LogP contribution in [0, 0.1) is 0 Å². The largest absolute Gasteiger partial charge is 0.322 e. The van der Waals surface area contributed by atoms with Gasteiger partial charge in [-0.05, 0) is 47.8 Å². The Hall–Kier alpha value is -2.05. The molecule has 0 aliphatic carbocycles. The van der Waals surface area contributed by atoms with E-state index < -0.39 is 0 Å². The lowest BCUT2D eigenvalue weighted by Crippen LogP contribution is -2.14. The molecule has 132 valence electrons. The monoisotopic (exact) mass is 424 g/mol. The fraction of sp³-hybridized carbons (Fsp3) is 0. The second-order valence-electron chi connectivity index (χ2n) is 5.21. The molecule has 0 saturated carbocycles. The molecule has 4 nitrogen and oxygen atoms in total. The molecular formula is C18H11Cl3N2O2S. The molecule has 0 saturated heterocycles. The predicted octanol–water partition coefficient (Wildman–Crippen LogP) is 6.21. The molecule has 0 aliphatic rings. The van der Waals surface area contributed by atoms with Crippen LogP contribution in [0.5, 0.6) is 0 Å². The van der Waals surface area contributed by atoms with E-state index in [1.54, 1.807) is 47.8 Å². The van der Waals surface area contributed by atoms with Crippen molar-refractivity contribution in [2.75, 3.05) is 10.6 Å². The van der Waals surface area contributed by atoms with Gasteiger partial charge in [0.2, 0.25) is 0 Å². The number of anilines is 2. The van der Waals surface area contributed by atoms with E-state index in [-0.39, 0.29) is 11.8 Å². The van der Waals surface area contributed by atoms with E-state index in [4.69, 9.17) is 34.8 Å². The quantitative estimate of drug-likeness (QED) is 0.522. The summed E-state index contributed by atoms with van der Waals surface area (Å²) in [6.07, 6.45) is 0. The molecule has 3 aromatic rings. The van der Waals surface area contributed by atoms with Crippen molar-refractivity contribution in [1.82, 2.24) is 0 Å². The van der Waals surface area contributed by atoms with Crippen LogP contribution in [0.4, 0.5) is 11.4 Å². The topological polar surface area (TPSA) is 58.2 Å². The van der Waals surface area contributed by atoms with E-state index in [0.717, 1.165) is 0 Å². The Morgan fingerprint density at radius 2 is 1.58 bits per heavy atom. The number of thiophene rings is 1. The number of amides is 2. The molecule has 2 amide bonds. The lowest BCUT2D eigenvalue weighted by Gasteiger charge is -2.10. The lowest BCUT2D eigenvalue weighted by atomic mass is 10.1. The first-order chi connectivity index (χ1) is 12.4. The highest BCUT2D eigenvalue weighted by Gasteiger charge is 2.13. The number of hydrogen-bond donors (Lipinski definition) is 2. The van der Waals surface area contributed by atoms with Gasteiger partial charge in [0.1, 0.15) is 0 Å². The standard InChI is InChI=1S/C18H11Cl3N2O2S/c19-12-6-4-11(9-14(12)21)22-17(24)10-3-5-13(20)15(8-10)23-18(25)16-2-1-7-26-16/h1-9H,(H,22,24)(H,23,25). The number of halogens is 3. The highest BCUT2D eigenvalue weighted by Crippen LogP contribution is 2.27. The molecule has 1 heterocycles. The van der Waals surface area contributed by atoms with Crippen molar-refractivity contribution in [3.63, 3.8) is 0 Å². The molecule has 0 aliphatic heterocycles. The molecule has 0 spiro atoms. The summed E-state index contributed by atoms with van der Waals surface area (Å²) in [4.78, 5) is 25.2. The van der Waals surface area contributed by atoms with Crippen LogP contribution in [0.2, 0.25) is 15.1 Å². The minimum absolute atomic E-state index is 0.288. The maximum absolute atomic E-state index is 12.4. The van der Waals surface area contributed by atoms with Gasteiger partial charge in [-0.1, -0.05) is 40.9 Å². The summed E-state index contributed by atoms with van der Waals surface area (Å²) in [5.74, 6) is -0.657. The average Bonchev–Trinajstić information content (AvgIpc) is 3.15. The number of carbonyl (C=O) groups is 2. The van der Waals surface area contributed by atoms with Gasteiger partial charge in [0, 0.05) is 11.3 Å². The number of benzene rings is 2. The van der Waals surface area contributed by atoms with Crippen molar-refractivity contribution in [3.05, 3.63) is 79.4 Å². The third-order valence-electron chi connectivity index (χ3n) is 3.40. The zero-order chi connectivity index (χ0) is 18.7. The molecule has 0 unspecified atom stereocenters. The van der Waals surface area contributed by atoms with E-state index in [1.165, 1.54) is 17.4 Å². The minimum atomic E-state index is -0.369. The highest BCUT2D eigenvalue weighted by molar-refractivity contribution is 7.12. The van der Waals surface area contributed by atoms with Crippen molar-refractivity contribution in [2.24, 2.45) is 0 Å². The molecule has 0 atom stereocenters. The molecule has 3 rings (SSSR count). The van der Waals surface area contributed by atoms with E-state index >= 15 is 0 Å². The van der Waals surface area contributed by atoms with Crippen LogP contribution < -0.4 is 10.6 Å². The van der Waals surface area contributed by atoms with Crippen molar-refractivity contribution >= 4 is 69.3 Å². The smallest absolute Gasteiger partial charge is 0.265 e. The molecule has 0 fully saturated rings. The fourth-order valence-corrected chi connectivity index (χ4v) is 3.21. The van der Waals surface area contributed by atoms with Crippen molar-refractivity contribution < 1.29 is 9.59 Å². The van der Waals surface area contributed by atoms with Gasteiger partial charge in [-0.3, -0.25) is 9.59 Å². The first-order valence-corrected chi connectivity index (χ1v) is 9.36. The first kappa shape index (κ1) is 18.7. The Kier molecular flexibility index (Phi) is 5.84. The van der Waals surface area contributed by atoms with E-state index in [9.17, 15) is 9.59 Å². The third kappa shape index (κ3) is 4.37. The number of rotatable bonds is 4. The molecule has 0 bridgehead atoms. The molecule has 2 aromatic carbocycles. The summed E-state index contributed by atoms with van der Waals surface area (Å²) in [5.41, 5.74) is 1.19.